The van der Waals surface area contributed by atoms with Crippen LogP contribution < -0.4 is 9.47 Å². The number of fused-ring (bicyclic) bond motifs is 1. The summed E-state index contributed by atoms with van der Waals surface area (Å²) in [5, 5.41) is 17.7. The Labute approximate surface area is 147 Å². The van der Waals surface area contributed by atoms with E-state index in [1.54, 1.807) is 36.4 Å². The molecule has 1 N–H and O–H groups in total. The lowest BCUT2D eigenvalue weighted by Gasteiger charge is -2.26. The molecular weight excluding hydrogens is 346 g/mol. The summed E-state index contributed by atoms with van der Waals surface area (Å²) in [6.45, 7) is 0.144. The summed E-state index contributed by atoms with van der Waals surface area (Å²) < 4.78 is 13.0. The Morgan fingerprint density at radius 3 is 2.76 bits per heavy atom. The van der Waals surface area contributed by atoms with Gasteiger partial charge in [-0.05, 0) is 30.3 Å². The molecule has 0 bridgehead atoms. The molecule has 8 heteroatoms. The van der Waals surface area contributed by atoms with Crippen LogP contribution in [0.15, 0.2) is 48.5 Å². The van der Waals surface area contributed by atoms with Gasteiger partial charge in [0.2, 0.25) is 0 Å². The van der Waals surface area contributed by atoms with Crippen molar-refractivity contribution in [2.45, 2.75) is 6.10 Å². The van der Waals surface area contributed by atoms with Crippen molar-refractivity contribution in [3.63, 3.8) is 0 Å². The number of carboxylic acid groups (broad SMARTS) is 1. The average molecular weight is 358 g/mol. The number of benzene rings is 2. The van der Waals surface area contributed by atoms with Gasteiger partial charge in [-0.1, -0.05) is 35.0 Å². The zero-order valence-electron chi connectivity index (χ0n) is 12.8. The third-order valence-corrected chi connectivity index (χ3v) is 4.01. The molecule has 25 heavy (non-hydrogen) atoms. The number of rotatable bonds is 3. The number of aromatic carboxylic acids is 1. The first-order valence-electron chi connectivity index (χ1n) is 7.47. The van der Waals surface area contributed by atoms with E-state index in [4.69, 9.17) is 21.1 Å². The largest absolute Gasteiger partial charge is 0.485 e. The molecule has 0 aliphatic carbocycles. The number of hydrogen-bond donors (Lipinski definition) is 1. The lowest BCUT2D eigenvalue weighted by Crippen LogP contribution is -2.25. The number of nitrogens with zero attached hydrogens (tertiary/aromatic N) is 3. The number of halogens is 1. The quantitative estimate of drug-likeness (QED) is 0.775. The molecule has 0 spiro atoms. The SMILES string of the molecule is O=C(O)c1nnn(-c2cccc(Cl)c2)c1C1COc2ccccc2O1. The van der Waals surface area contributed by atoms with Crippen LogP contribution in [0.1, 0.15) is 22.3 Å². The average Bonchev–Trinajstić information content (AvgIpc) is 3.06. The van der Waals surface area contributed by atoms with E-state index in [-0.39, 0.29) is 12.3 Å². The number of carbonyl (C=O) groups is 1. The van der Waals surface area contributed by atoms with E-state index < -0.39 is 12.1 Å². The van der Waals surface area contributed by atoms with Crippen LogP contribution in [0.2, 0.25) is 5.02 Å². The van der Waals surface area contributed by atoms with E-state index in [2.05, 4.69) is 10.3 Å². The van der Waals surface area contributed by atoms with E-state index in [0.29, 0.717) is 27.9 Å². The molecule has 1 aromatic heterocycles. The van der Waals surface area contributed by atoms with Gasteiger partial charge in [0.15, 0.2) is 23.3 Å². The molecule has 2 aromatic carbocycles. The fourth-order valence-electron chi connectivity index (χ4n) is 2.68. The van der Waals surface area contributed by atoms with Crippen LogP contribution in [0.4, 0.5) is 0 Å². The first kappa shape index (κ1) is 15.5. The molecule has 7 nitrogen and oxygen atoms in total. The number of carboxylic acids is 1. The molecule has 0 radical (unpaired) electrons. The highest BCUT2D eigenvalue weighted by Gasteiger charge is 2.32. The first-order valence-corrected chi connectivity index (χ1v) is 7.84. The van der Waals surface area contributed by atoms with Crippen molar-refractivity contribution in [2.75, 3.05) is 6.61 Å². The molecule has 4 rings (SSSR count). The van der Waals surface area contributed by atoms with Crippen molar-refractivity contribution in [3.8, 4) is 17.2 Å². The summed E-state index contributed by atoms with van der Waals surface area (Å²) in [6, 6.07) is 14.1. The number of ether oxygens (including phenoxy) is 2. The molecular formula is C17H12ClN3O4. The van der Waals surface area contributed by atoms with E-state index >= 15 is 0 Å². The van der Waals surface area contributed by atoms with Crippen molar-refractivity contribution >= 4 is 17.6 Å². The summed E-state index contributed by atoms with van der Waals surface area (Å²) >= 11 is 6.04. The molecule has 1 aliphatic rings. The van der Waals surface area contributed by atoms with Gasteiger partial charge in [-0.3, -0.25) is 0 Å². The summed E-state index contributed by atoms with van der Waals surface area (Å²) in [5.41, 5.74) is 0.696. The van der Waals surface area contributed by atoms with E-state index in [9.17, 15) is 9.90 Å². The second-order valence-electron chi connectivity index (χ2n) is 5.38. The van der Waals surface area contributed by atoms with Gasteiger partial charge in [0.25, 0.3) is 0 Å². The van der Waals surface area contributed by atoms with Gasteiger partial charge in [-0.2, -0.15) is 0 Å². The normalized spacial score (nSPS) is 15.8. The smallest absolute Gasteiger partial charge is 0.358 e. The van der Waals surface area contributed by atoms with Crippen molar-refractivity contribution in [1.29, 1.82) is 0 Å². The van der Waals surface area contributed by atoms with Crippen molar-refractivity contribution < 1.29 is 19.4 Å². The zero-order chi connectivity index (χ0) is 17.4. The Kier molecular flexibility index (Phi) is 3.77. The molecule has 1 unspecified atom stereocenters. The lowest BCUT2D eigenvalue weighted by atomic mass is 10.1. The topological polar surface area (TPSA) is 86.5 Å². The summed E-state index contributed by atoms with van der Waals surface area (Å²) in [6.07, 6.45) is -0.671. The van der Waals surface area contributed by atoms with E-state index in [0.717, 1.165) is 0 Å². The maximum Gasteiger partial charge on any atom is 0.358 e. The highest BCUT2D eigenvalue weighted by atomic mass is 35.5. The van der Waals surface area contributed by atoms with Gasteiger partial charge in [-0.25, -0.2) is 9.48 Å². The van der Waals surface area contributed by atoms with Crippen LogP contribution in [0.25, 0.3) is 5.69 Å². The van der Waals surface area contributed by atoms with Gasteiger partial charge < -0.3 is 14.6 Å². The predicted octanol–water partition coefficient (Wildman–Crippen LogP) is 3.13. The third kappa shape index (κ3) is 2.78. The van der Waals surface area contributed by atoms with E-state index in [1.165, 1.54) is 4.68 Å². The second-order valence-corrected chi connectivity index (χ2v) is 5.82. The molecule has 2 heterocycles. The Hall–Kier alpha value is -3.06. The summed E-state index contributed by atoms with van der Waals surface area (Å²) in [7, 11) is 0. The van der Waals surface area contributed by atoms with Crippen LogP contribution in [-0.2, 0) is 0 Å². The minimum absolute atomic E-state index is 0.144. The van der Waals surface area contributed by atoms with Crippen molar-refractivity contribution in [1.82, 2.24) is 15.0 Å². The van der Waals surface area contributed by atoms with Crippen LogP contribution >= 0.6 is 11.6 Å². The number of hydrogen-bond acceptors (Lipinski definition) is 5. The highest BCUT2D eigenvalue weighted by Crippen LogP contribution is 2.37. The molecule has 3 aromatic rings. The predicted molar refractivity (Wildman–Crippen MR) is 88.6 cm³/mol. The van der Waals surface area contributed by atoms with Gasteiger partial charge >= 0.3 is 5.97 Å². The van der Waals surface area contributed by atoms with Crippen LogP contribution in [0.5, 0.6) is 11.5 Å². The second kappa shape index (κ2) is 6.10. The number of aromatic nitrogens is 3. The van der Waals surface area contributed by atoms with Crippen LogP contribution in [0, 0.1) is 0 Å². The van der Waals surface area contributed by atoms with Gasteiger partial charge in [0, 0.05) is 5.02 Å². The minimum atomic E-state index is -1.19. The fraction of sp³-hybridized carbons (Fsp3) is 0.118. The minimum Gasteiger partial charge on any atom is -0.485 e. The monoisotopic (exact) mass is 357 g/mol. The molecule has 1 atom stereocenters. The lowest BCUT2D eigenvalue weighted by molar-refractivity contribution is 0.0661. The zero-order valence-corrected chi connectivity index (χ0v) is 13.6. The van der Waals surface area contributed by atoms with Crippen LogP contribution in [-0.4, -0.2) is 32.7 Å². The standard InChI is InChI=1S/C17H12ClN3O4/c18-10-4-3-5-11(8-10)21-16(15(17(22)23)19-20-21)14-9-24-12-6-1-2-7-13(12)25-14/h1-8,14H,9H2,(H,22,23). The molecule has 0 amide bonds. The first-order chi connectivity index (χ1) is 12.1. The fourth-order valence-corrected chi connectivity index (χ4v) is 2.87. The highest BCUT2D eigenvalue weighted by molar-refractivity contribution is 6.30. The molecule has 0 fully saturated rings. The van der Waals surface area contributed by atoms with Crippen LogP contribution in [0.3, 0.4) is 0 Å². The van der Waals surface area contributed by atoms with E-state index in [1.807, 2.05) is 12.1 Å². The third-order valence-electron chi connectivity index (χ3n) is 3.77. The Morgan fingerprint density at radius 2 is 2.00 bits per heavy atom. The maximum absolute atomic E-state index is 11.6. The molecule has 126 valence electrons. The summed E-state index contributed by atoms with van der Waals surface area (Å²) in [5.74, 6) is -0.0444. The van der Waals surface area contributed by atoms with Crippen molar-refractivity contribution in [2.24, 2.45) is 0 Å². The molecule has 1 aliphatic heterocycles. The molecule has 0 saturated heterocycles. The Bertz CT molecular complexity index is 957. The van der Waals surface area contributed by atoms with Crippen molar-refractivity contribution in [3.05, 3.63) is 64.9 Å². The Morgan fingerprint density at radius 1 is 1.20 bits per heavy atom. The summed E-state index contributed by atoms with van der Waals surface area (Å²) in [4.78, 5) is 11.6. The van der Waals surface area contributed by atoms with Gasteiger partial charge in [-0.15, -0.1) is 5.10 Å². The van der Waals surface area contributed by atoms with Gasteiger partial charge in [0.05, 0.1) is 5.69 Å². The molecule has 0 saturated carbocycles. The maximum atomic E-state index is 11.6. The number of para-hydroxylation sites is 2. The van der Waals surface area contributed by atoms with Gasteiger partial charge in [0.1, 0.15) is 12.3 Å². The Balaban J connectivity index is 1.81.